The van der Waals surface area contributed by atoms with Crippen molar-refractivity contribution in [1.82, 2.24) is 14.5 Å². The van der Waals surface area contributed by atoms with Gasteiger partial charge in [0.25, 0.3) is 0 Å². The van der Waals surface area contributed by atoms with Gasteiger partial charge < -0.3 is 14.6 Å². The number of methoxy groups -OCH3 is 1. The Hall–Kier alpha value is -2.01. The predicted octanol–water partition coefficient (Wildman–Crippen LogP) is 1.55. The quantitative estimate of drug-likeness (QED) is 0.870. The zero-order valence-corrected chi connectivity index (χ0v) is 12.2. The lowest BCUT2D eigenvalue weighted by Crippen LogP contribution is -2.30. The SMILES string of the molecule is CCNC(Cn1ccn(C)c1=O)c1cccc(OC)c1. The molecule has 0 saturated heterocycles. The molecule has 0 aliphatic carbocycles. The van der Waals surface area contributed by atoms with E-state index < -0.39 is 0 Å². The standard InChI is InChI=1S/C15H21N3O2/c1-4-16-14(11-18-9-8-17(2)15(18)19)12-6-5-7-13(10-12)20-3/h5-10,14,16H,4,11H2,1-3H3. The Balaban J connectivity index is 2.26. The van der Waals surface area contributed by atoms with Gasteiger partial charge in [-0.25, -0.2) is 4.79 Å². The van der Waals surface area contributed by atoms with Gasteiger partial charge in [0.1, 0.15) is 5.75 Å². The van der Waals surface area contributed by atoms with Crippen LogP contribution in [-0.2, 0) is 13.6 Å². The number of rotatable bonds is 6. The number of imidazole rings is 1. The van der Waals surface area contributed by atoms with Crippen molar-refractivity contribution in [3.63, 3.8) is 0 Å². The van der Waals surface area contributed by atoms with Gasteiger partial charge in [0.15, 0.2) is 0 Å². The zero-order valence-electron chi connectivity index (χ0n) is 12.2. The highest BCUT2D eigenvalue weighted by atomic mass is 16.5. The van der Waals surface area contributed by atoms with E-state index >= 15 is 0 Å². The maximum absolute atomic E-state index is 11.9. The van der Waals surface area contributed by atoms with E-state index in [1.807, 2.05) is 30.5 Å². The van der Waals surface area contributed by atoms with Crippen LogP contribution in [0.15, 0.2) is 41.5 Å². The highest BCUT2D eigenvalue weighted by Crippen LogP contribution is 2.20. The number of ether oxygens (including phenoxy) is 1. The van der Waals surface area contributed by atoms with Crippen molar-refractivity contribution >= 4 is 0 Å². The molecule has 1 unspecified atom stereocenters. The van der Waals surface area contributed by atoms with E-state index in [-0.39, 0.29) is 11.7 Å². The second-order valence-corrected chi connectivity index (χ2v) is 4.73. The van der Waals surface area contributed by atoms with Gasteiger partial charge in [-0.05, 0) is 24.2 Å². The average Bonchev–Trinajstić information content (AvgIpc) is 2.79. The van der Waals surface area contributed by atoms with Gasteiger partial charge in [0, 0.05) is 26.0 Å². The number of likely N-dealkylation sites (N-methyl/N-ethyl adjacent to an activating group) is 1. The van der Waals surface area contributed by atoms with Crippen LogP contribution in [0.5, 0.6) is 5.75 Å². The second kappa shape index (κ2) is 6.43. The zero-order chi connectivity index (χ0) is 14.5. The third kappa shape index (κ3) is 3.11. The summed E-state index contributed by atoms with van der Waals surface area (Å²) in [4.78, 5) is 11.9. The molecule has 2 aromatic rings. The molecule has 1 atom stereocenters. The molecular formula is C15H21N3O2. The molecule has 5 heteroatoms. The minimum atomic E-state index is -0.00389. The Labute approximate surface area is 118 Å². The first-order chi connectivity index (χ1) is 9.65. The molecular weight excluding hydrogens is 254 g/mol. The maximum Gasteiger partial charge on any atom is 0.327 e. The monoisotopic (exact) mass is 275 g/mol. The number of hydrogen-bond acceptors (Lipinski definition) is 3. The molecule has 0 saturated carbocycles. The number of aryl methyl sites for hydroxylation is 1. The van der Waals surface area contributed by atoms with Crippen molar-refractivity contribution in [1.29, 1.82) is 0 Å². The third-order valence-corrected chi connectivity index (χ3v) is 3.34. The lowest BCUT2D eigenvalue weighted by Gasteiger charge is -2.19. The summed E-state index contributed by atoms with van der Waals surface area (Å²) in [5.41, 5.74) is 1.11. The molecule has 0 spiro atoms. The summed E-state index contributed by atoms with van der Waals surface area (Å²) in [6.45, 7) is 3.49. The first kappa shape index (κ1) is 14.4. The topological polar surface area (TPSA) is 48.2 Å². The van der Waals surface area contributed by atoms with Crippen molar-refractivity contribution in [2.24, 2.45) is 7.05 Å². The van der Waals surface area contributed by atoms with Gasteiger partial charge in [0.2, 0.25) is 0 Å². The molecule has 20 heavy (non-hydrogen) atoms. The first-order valence-corrected chi connectivity index (χ1v) is 6.74. The highest BCUT2D eigenvalue weighted by Gasteiger charge is 2.13. The van der Waals surface area contributed by atoms with Crippen molar-refractivity contribution in [3.8, 4) is 5.75 Å². The van der Waals surface area contributed by atoms with E-state index in [1.54, 1.807) is 29.5 Å². The van der Waals surface area contributed by atoms with Gasteiger partial charge in [-0.2, -0.15) is 0 Å². The molecule has 1 aromatic heterocycles. The van der Waals surface area contributed by atoms with E-state index in [1.165, 1.54) is 0 Å². The van der Waals surface area contributed by atoms with E-state index in [0.717, 1.165) is 17.9 Å². The van der Waals surface area contributed by atoms with Crippen LogP contribution in [0.25, 0.3) is 0 Å². The number of nitrogens with one attached hydrogen (secondary N) is 1. The summed E-state index contributed by atoms with van der Waals surface area (Å²) in [7, 11) is 3.41. The molecule has 5 nitrogen and oxygen atoms in total. The minimum Gasteiger partial charge on any atom is -0.497 e. The van der Waals surface area contributed by atoms with Crippen molar-refractivity contribution in [2.75, 3.05) is 13.7 Å². The van der Waals surface area contributed by atoms with Crippen LogP contribution < -0.4 is 15.7 Å². The molecule has 108 valence electrons. The summed E-state index contributed by atoms with van der Waals surface area (Å²) < 4.78 is 8.55. The number of benzene rings is 1. The van der Waals surface area contributed by atoms with E-state index in [4.69, 9.17) is 4.74 Å². The summed E-state index contributed by atoms with van der Waals surface area (Å²) in [6, 6.07) is 8.01. The molecule has 2 rings (SSSR count). The van der Waals surface area contributed by atoms with Crippen LogP contribution >= 0.6 is 0 Å². The van der Waals surface area contributed by atoms with Crippen LogP contribution in [-0.4, -0.2) is 22.8 Å². The number of nitrogens with zero attached hydrogens (tertiary/aromatic N) is 2. The van der Waals surface area contributed by atoms with E-state index in [9.17, 15) is 4.79 Å². The molecule has 0 amide bonds. The fraction of sp³-hybridized carbons (Fsp3) is 0.400. The summed E-state index contributed by atoms with van der Waals surface area (Å²) in [5.74, 6) is 0.825. The van der Waals surface area contributed by atoms with E-state index in [0.29, 0.717) is 6.54 Å². The van der Waals surface area contributed by atoms with Crippen LogP contribution in [0.4, 0.5) is 0 Å². The first-order valence-electron chi connectivity index (χ1n) is 6.74. The number of hydrogen-bond donors (Lipinski definition) is 1. The van der Waals surface area contributed by atoms with E-state index in [2.05, 4.69) is 12.2 Å². The van der Waals surface area contributed by atoms with Crippen LogP contribution in [0.2, 0.25) is 0 Å². The Bertz CT molecular complexity index is 616. The molecule has 1 heterocycles. The predicted molar refractivity (Wildman–Crippen MR) is 79.1 cm³/mol. The molecule has 0 bridgehead atoms. The van der Waals surface area contributed by atoms with Crippen LogP contribution in [0, 0.1) is 0 Å². The largest absolute Gasteiger partial charge is 0.497 e. The summed E-state index contributed by atoms with van der Waals surface area (Å²) in [5, 5.41) is 3.41. The Morgan fingerprint density at radius 3 is 2.75 bits per heavy atom. The lowest BCUT2D eigenvalue weighted by atomic mass is 10.1. The van der Waals surface area contributed by atoms with Gasteiger partial charge in [-0.3, -0.25) is 4.57 Å². The smallest absolute Gasteiger partial charge is 0.327 e. The second-order valence-electron chi connectivity index (χ2n) is 4.73. The Morgan fingerprint density at radius 2 is 2.15 bits per heavy atom. The average molecular weight is 275 g/mol. The summed E-state index contributed by atoms with van der Waals surface area (Å²) in [6.07, 6.45) is 3.59. The molecule has 1 aromatic carbocycles. The fourth-order valence-electron chi connectivity index (χ4n) is 2.24. The van der Waals surface area contributed by atoms with Gasteiger partial charge in [0.05, 0.1) is 13.2 Å². The highest BCUT2D eigenvalue weighted by molar-refractivity contribution is 5.30. The van der Waals surface area contributed by atoms with Gasteiger partial charge in [-0.15, -0.1) is 0 Å². The minimum absolute atomic E-state index is 0.00389. The van der Waals surface area contributed by atoms with Crippen molar-refractivity contribution in [3.05, 3.63) is 52.7 Å². The van der Waals surface area contributed by atoms with Gasteiger partial charge in [-0.1, -0.05) is 19.1 Å². The molecule has 0 aliphatic rings. The Kier molecular flexibility index (Phi) is 4.63. The normalized spacial score (nSPS) is 12.3. The fourth-order valence-corrected chi connectivity index (χ4v) is 2.24. The maximum atomic E-state index is 11.9. The molecule has 0 fully saturated rings. The number of aromatic nitrogens is 2. The van der Waals surface area contributed by atoms with Crippen molar-refractivity contribution in [2.45, 2.75) is 19.5 Å². The third-order valence-electron chi connectivity index (χ3n) is 3.34. The van der Waals surface area contributed by atoms with Gasteiger partial charge >= 0.3 is 5.69 Å². The lowest BCUT2D eigenvalue weighted by molar-refractivity contribution is 0.411. The van der Waals surface area contributed by atoms with Crippen LogP contribution in [0.1, 0.15) is 18.5 Å². The molecule has 1 N–H and O–H groups in total. The van der Waals surface area contributed by atoms with Crippen molar-refractivity contribution < 1.29 is 4.74 Å². The molecule has 0 aliphatic heterocycles. The van der Waals surface area contributed by atoms with Crippen LogP contribution in [0.3, 0.4) is 0 Å². The Morgan fingerprint density at radius 1 is 1.35 bits per heavy atom. The summed E-state index contributed by atoms with van der Waals surface area (Å²) >= 11 is 0. The molecule has 0 radical (unpaired) electrons.